The summed E-state index contributed by atoms with van der Waals surface area (Å²) in [5.74, 6) is -0.0617. The zero-order valence-electron chi connectivity index (χ0n) is 31.4. The molecule has 0 aromatic rings. The summed E-state index contributed by atoms with van der Waals surface area (Å²) >= 11 is 0. The lowest BCUT2D eigenvalue weighted by atomic mass is 10.0. The summed E-state index contributed by atoms with van der Waals surface area (Å²) in [6, 6.07) is -0.614. The van der Waals surface area contributed by atoms with E-state index in [1.165, 1.54) is 186 Å². The topological polar surface area (TPSA) is 69.6 Å². The first-order valence-corrected chi connectivity index (χ1v) is 20.9. The number of amides is 1. The second kappa shape index (κ2) is 38.6. The van der Waals surface area contributed by atoms with E-state index in [9.17, 15) is 15.0 Å². The van der Waals surface area contributed by atoms with Crippen molar-refractivity contribution in [1.29, 1.82) is 0 Å². The monoisotopic (exact) mass is 650 g/mol. The van der Waals surface area contributed by atoms with Crippen molar-refractivity contribution in [3.8, 4) is 0 Å². The third-order valence-corrected chi connectivity index (χ3v) is 9.77. The average Bonchev–Trinajstić information content (AvgIpc) is 3.06. The summed E-state index contributed by atoms with van der Waals surface area (Å²) in [6.07, 6.45) is 47.5. The zero-order chi connectivity index (χ0) is 33.6. The van der Waals surface area contributed by atoms with Crippen LogP contribution in [0.1, 0.15) is 232 Å². The summed E-state index contributed by atoms with van der Waals surface area (Å²) in [5.41, 5.74) is 0. The Morgan fingerprint density at radius 2 is 0.804 bits per heavy atom. The van der Waals surface area contributed by atoms with E-state index in [0.717, 1.165) is 25.7 Å². The van der Waals surface area contributed by atoms with Crippen LogP contribution in [0.2, 0.25) is 0 Å². The molecule has 0 saturated carbocycles. The van der Waals surface area contributed by atoms with Gasteiger partial charge in [0.05, 0.1) is 18.8 Å². The second-order valence-corrected chi connectivity index (χ2v) is 14.4. The van der Waals surface area contributed by atoms with Crippen LogP contribution in [0.3, 0.4) is 0 Å². The van der Waals surface area contributed by atoms with Gasteiger partial charge in [-0.15, -0.1) is 0 Å². The number of allylic oxidation sites excluding steroid dienone is 1. The van der Waals surface area contributed by atoms with E-state index in [4.69, 9.17) is 0 Å². The lowest BCUT2D eigenvalue weighted by molar-refractivity contribution is -0.123. The molecule has 1 amide bonds. The number of hydrogen-bond acceptors (Lipinski definition) is 3. The van der Waals surface area contributed by atoms with Crippen LogP contribution in [-0.2, 0) is 4.79 Å². The Bertz CT molecular complexity index is 622. The van der Waals surface area contributed by atoms with E-state index >= 15 is 0 Å². The number of aliphatic hydroxyl groups excluding tert-OH is 2. The van der Waals surface area contributed by atoms with Crippen molar-refractivity contribution in [3.05, 3.63) is 12.2 Å². The number of unbranched alkanes of at least 4 members (excludes halogenated alkanes) is 31. The molecule has 274 valence electrons. The Morgan fingerprint density at radius 1 is 0.500 bits per heavy atom. The molecule has 0 aromatic carbocycles. The van der Waals surface area contributed by atoms with Gasteiger partial charge in [-0.05, 0) is 19.3 Å². The normalized spacial score (nSPS) is 13.0. The molecule has 3 N–H and O–H groups in total. The fourth-order valence-electron chi connectivity index (χ4n) is 6.53. The molecule has 0 unspecified atom stereocenters. The van der Waals surface area contributed by atoms with Crippen molar-refractivity contribution in [2.75, 3.05) is 6.61 Å². The van der Waals surface area contributed by atoms with Crippen molar-refractivity contribution in [1.82, 2.24) is 5.32 Å². The first kappa shape index (κ1) is 45.1. The first-order chi connectivity index (χ1) is 22.7. The number of nitrogens with one attached hydrogen (secondary N) is 1. The first-order valence-electron chi connectivity index (χ1n) is 20.9. The van der Waals surface area contributed by atoms with Crippen LogP contribution in [0.5, 0.6) is 0 Å². The predicted octanol–water partition coefficient (Wildman–Crippen LogP) is 12.7. The van der Waals surface area contributed by atoms with Gasteiger partial charge in [0.2, 0.25) is 5.91 Å². The summed E-state index contributed by atoms with van der Waals surface area (Å²) in [5, 5.41) is 22.9. The smallest absolute Gasteiger partial charge is 0.220 e. The molecule has 4 nitrogen and oxygen atoms in total. The van der Waals surface area contributed by atoms with Crippen molar-refractivity contribution < 1.29 is 15.0 Å². The highest BCUT2D eigenvalue weighted by atomic mass is 16.3. The summed E-state index contributed by atoms with van der Waals surface area (Å²) in [7, 11) is 0. The van der Waals surface area contributed by atoms with Crippen LogP contribution in [0, 0.1) is 0 Å². The number of hydrogen-bond donors (Lipinski definition) is 3. The molecule has 0 heterocycles. The van der Waals surface area contributed by atoms with E-state index in [1.54, 1.807) is 6.08 Å². The molecule has 0 rings (SSSR count). The Hall–Kier alpha value is -0.870. The molecule has 0 saturated heterocycles. The molecule has 2 atom stereocenters. The molecule has 0 aromatic heterocycles. The lowest BCUT2D eigenvalue weighted by Crippen LogP contribution is -2.45. The number of aliphatic hydroxyl groups is 2. The highest BCUT2D eigenvalue weighted by Gasteiger charge is 2.17. The van der Waals surface area contributed by atoms with Gasteiger partial charge in [-0.3, -0.25) is 4.79 Å². The largest absolute Gasteiger partial charge is 0.394 e. The van der Waals surface area contributed by atoms with E-state index in [0.29, 0.717) is 6.42 Å². The van der Waals surface area contributed by atoms with E-state index in [2.05, 4.69) is 19.2 Å². The number of carbonyl (C=O) groups excluding carboxylic acids is 1. The molecule has 4 heteroatoms. The van der Waals surface area contributed by atoms with E-state index in [1.807, 2.05) is 6.08 Å². The van der Waals surface area contributed by atoms with Gasteiger partial charge in [-0.1, -0.05) is 219 Å². The maximum atomic E-state index is 12.3. The van der Waals surface area contributed by atoms with Crippen molar-refractivity contribution in [3.63, 3.8) is 0 Å². The van der Waals surface area contributed by atoms with Crippen molar-refractivity contribution in [2.24, 2.45) is 0 Å². The Kier molecular flexibility index (Phi) is 37.8. The van der Waals surface area contributed by atoms with Gasteiger partial charge in [0.1, 0.15) is 0 Å². The molecule has 0 fully saturated rings. The quantitative estimate of drug-likeness (QED) is 0.0460. The van der Waals surface area contributed by atoms with E-state index < -0.39 is 12.1 Å². The van der Waals surface area contributed by atoms with Crippen LogP contribution in [0.4, 0.5) is 0 Å². The molecule has 0 aliphatic carbocycles. The second-order valence-electron chi connectivity index (χ2n) is 14.4. The third kappa shape index (κ3) is 34.5. The van der Waals surface area contributed by atoms with Crippen LogP contribution >= 0.6 is 0 Å². The van der Waals surface area contributed by atoms with Crippen LogP contribution < -0.4 is 5.32 Å². The summed E-state index contributed by atoms with van der Waals surface area (Å²) in [6.45, 7) is 4.30. The average molecular weight is 650 g/mol. The standard InChI is InChI=1S/C42H83NO3/c1-3-5-7-9-11-13-15-16-17-18-19-20-21-22-23-24-25-26-27-28-30-32-34-36-38-42(46)43-40(39-44)41(45)37-35-33-31-29-14-12-10-8-6-4-2/h35,37,40-41,44-45H,3-34,36,38-39H2,1-2H3,(H,43,46)/b37-35+/t40-,41+/m0/s1. The third-order valence-electron chi connectivity index (χ3n) is 9.77. The van der Waals surface area contributed by atoms with Crippen LogP contribution in [-0.4, -0.2) is 34.9 Å². The Morgan fingerprint density at radius 3 is 1.13 bits per heavy atom. The fraction of sp³-hybridized carbons (Fsp3) is 0.929. The predicted molar refractivity (Wildman–Crippen MR) is 202 cm³/mol. The molecular weight excluding hydrogens is 566 g/mol. The maximum Gasteiger partial charge on any atom is 0.220 e. The number of rotatable bonds is 38. The van der Waals surface area contributed by atoms with Crippen LogP contribution in [0.15, 0.2) is 12.2 Å². The minimum atomic E-state index is -0.831. The van der Waals surface area contributed by atoms with Gasteiger partial charge < -0.3 is 15.5 Å². The van der Waals surface area contributed by atoms with E-state index in [-0.39, 0.29) is 12.5 Å². The molecular formula is C42H83NO3. The molecule has 46 heavy (non-hydrogen) atoms. The van der Waals surface area contributed by atoms with Crippen molar-refractivity contribution >= 4 is 5.91 Å². The summed E-state index contributed by atoms with van der Waals surface area (Å²) < 4.78 is 0. The fourth-order valence-corrected chi connectivity index (χ4v) is 6.53. The molecule has 0 radical (unpaired) electrons. The lowest BCUT2D eigenvalue weighted by Gasteiger charge is -2.20. The summed E-state index contributed by atoms with van der Waals surface area (Å²) in [4.78, 5) is 12.3. The molecule has 0 bridgehead atoms. The zero-order valence-corrected chi connectivity index (χ0v) is 31.4. The minimum Gasteiger partial charge on any atom is -0.394 e. The van der Waals surface area contributed by atoms with Gasteiger partial charge in [0, 0.05) is 6.42 Å². The van der Waals surface area contributed by atoms with Gasteiger partial charge in [0.15, 0.2) is 0 Å². The molecule has 0 aliphatic rings. The van der Waals surface area contributed by atoms with Gasteiger partial charge in [0.25, 0.3) is 0 Å². The molecule has 0 spiro atoms. The van der Waals surface area contributed by atoms with Crippen molar-refractivity contribution in [2.45, 2.75) is 244 Å². The maximum absolute atomic E-state index is 12.3. The Balaban J connectivity index is 3.45. The van der Waals surface area contributed by atoms with Crippen LogP contribution in [0.25, 0.3) is 0 Å². The van der Waals surface area contributed by atoms with Gasteiger partial charge in [-0.25, -0.2) is 0 Å². The SMILES string of the molecule is CCCCCCCCCC/C=C/[C@@H](O)[C@H](CO)NC(=O)CCCCCCCCCCCCCCCCCCCCCCCCCC. The number of carbonyl (C=O) groups is 1. The van der Waals surface area contributed by atoms with Gasteiger partial charge in [-0.2, -0.15) is 0 Å². The highest BCUT2D eigenvalue weighted by Crippen LogP contribution is 2.16. The van der Waals surface area contributed by atoms with Gasteiger partial charge >= 0.3 is 0 Å². The highest BCUT2D eigenvalue weighted by molar-refractivity contribution is 5.76. The minimum absolute atomic E-state index is 0.0617. The molecule has 0 aliphatic heterocycles. The Labute approximate surface area is 288 Å².